The summed E-state index contributed by atoms with van der Waals surface area (Å²) in [6, 6.07) is 22.0. The molecule has 2 aliphatic rings. The van der Waals surface area contributed by atoms with Gasteiger partial charge in [0.2, 0.25) is 5.91 Å². The Kier molecular flexibility index (Phi) is 6.94. The monoisotopic (exact) mass is 483 g/mol. The lowest BCUT2D eigenvalue weighted by molar-refractivity contribution is -0.132. The molecule has 6 nitrogen and oxygen atoms in total. The molecule has 0 spiro atoms. The van der Waals surface area contributed by atoms with E-state index < -0.39 is 0 Å². The van der Waals surface area contributed by atoms with Crippen molar-refractivity contribution in [1.82, 2.24) is 9.80 Å². The van der Waals surface area contributed by atoms with Crippen LogP contribution < -0.4 is 9.47 Å². The first kappa shape index (κ1) is 23.9. The zero-order chi connectivity index (χ0) is 25.1. The van der Waals surface area contributed by atoms with Crippen LogP contribution in [0.3, 0.4) is 0 Å². The Hall–Kier alpha value is -3.80. The summed E-state index contributed by atoms with van der Waals surface area (Å²) < 4.78 is 11.9. The van der Waals surface area contributed by atoms with Crippen molar-refractivity contribution in [3.8, 4) is 17.2 Å². The van der Waals surface area contributed by atoms with E-state index >= 15 is 0 Å². The lowest BCUT2D eigenvalue weighted by Gasteiger charge is -2.27. The zero-order valence-electron chi connectivity index (χ0n) is 21.2. The zero-order valence-corrected chi connectivity index (χ0v) is 21.2. The number of methoxy groups -OCH3 is 1. The maximum atomic E-state index is 13.5. The van der Waals surface area contributed by atoms with Gasteiger partial charge in [0, 0.05) is 26.2 Å². The number of fused-ring (bicyclic) bond motifs is 2. The molecule has 1 fully saturated rings. The van der Waals surface area contributed by atoms with Crippen LogP contribution in [0.5, 0.6) is 17.2 Å². The highest BCUT2D eigenvalue weighted by Crippen LogP contribution is 2.40. The minimum absolute atomic E-state index is 0.110. The van der Waals surface area contributed by atoms with E-state index in [0.717, 1.165) is 71.4 Å². The lowest BCUT2D eigenvalue weighted by atomic mass is 9.95. The highest BCUT2D eigenvalue weighted by Gasteiger charge is 2.29. The van der Waals surface area contributed by atoms with Gasteiger partial charge >= 0.3 is 0 Å². The number of aryl methyl sites for hydroxylation is 1. The SMILES string of the molecule is CCC(C(=O)N1CCCN(C2=Nc3ccc(C)cc3Oc3ccc(OC)cc32)CC1)c1ccccc1. The van der Waals surface area contributed by atoms with Crippen LogP contribution in [0, 0.1) is 6.92 Å². The van der Waals surface area contributed by atoms with Gasteiger partial charge in [-0.25, -0.2) is 4.99 Å². The summed E-state index contributed by atoms with van der Waals surface area (Å²) in [5, 5.41) is 0. The smallest absolute Gasteiger partial charge is 0.230 e. The molecule has 3 aromatic carbocycles. The summed E-state index contributed by atoms with van der Waals surface area (Å²) in [5.74, 6) is 3.22. The molecule has 1 amide bonds. The van der Waals surface area contributed by atoms with Crippen LogP contribution in [0.4, 0.5) is 5.69 Å². The van der Waals surface area contributed by atoms with Gasteiger partial charge in [-0.15, -0.1) is 0 Å². The van der Waals surface area contributed by atoms with Gasteiger partial charge < -0.3 is 19.3 Å². The van der Waals surface area contributed by atoms with Crippen molar-refractivity contribution in [3.63, 3.8) is 0 Å². The van der Waals surface area contributed by atoms with Crippen LogP contribution >= 0.6 is 0 Å². The third-order valence-corrected chi connectivity index (χ3v) is 7.00. The van der Waals surface area contributed by atoms with Crippen LogP contribution in [-0.2, 0) is 4.79 Å². The topological polar surface area (TPSA) is 54.4 Å². The standard InChI is InChI=1S/C30H33N3O3/c1-4-24(22-9-6-5-7-10-22)30(34)33-16-8-15-32(17-18-33)29-25-20-23(35-3)12-14-27(25)36-28-19-21(2)11-13-26(28)31-29/h5-7,9-14,19-20,24H,4,8,15-18H2,1-3H3. The molecule has 36 heavy (non-hydrogen) atoms. The molecule has 0 aromatic heterocycles. The van der Waals surface area contributed by atoms with Gasteiger partial charge in [0.05, 0.1) is 18.6 Å². The Morgan fingerprint density at radius 1 is 1.00 bits per heavy atom. The largest absolute Gasteiger partial charge is 0.497 e. The lowest BCUT2D eigenvalue weighted by Crippen LogP contribution is -2.39. The molecule has 0 N–H and O–H groups in total. The van der Waals surface area contributed by atoms with E-state index in [9.17, 15) is 4.79 Å². The van der Waals surface area contributed by atoms with E-state index in [0.29, 0.717) is 13.1 Å². The predicted molar refractivity (Wildman–Crippen MR) is 143 cm³/mol. The molecular weight excluding hydrogens is 450 g/mol. The normalized spacial score (nSPS) is 16.0. The molecule has 1 saturated heterocycles. The van der Waals surface area contributed by atoms with Gasteiger partial charge in [-0.2, -0.15) is 0 Å². The molecule has 0 radical (unpaired) electrons. The van der Waals surface area contributed by atoms with Crippen molar-refractivity contribution in [2.24, 2.45) is 4.99 Å². The van der Waals surface area contributed by atoms with Crippen molar-refractivity contribution in [1.29, 1.82) is 0 Å². The fourth-order valence-corrected chi connectivity index (χ4v) is 5.04. The number of carbonyl (C=O) groups excluding carboxylic acids is 1. The Balaban J connectivity index is 1.44. The van der Waals surface area contributed by atoms with E-state index in [1.165, 1.54) is 0 Å². The molecule has 0 saturated carbocycles. The number of aliphatic imine (C=N–C) groups is 1. The van der Waals surface area contributed by atoms with E-state index in [-0.39, 0.29) is 11.8 Å². The molecule has 1 atom stereocenters. The minimum Gasteiger partial charge on any atom is -0.497 e. The molecule has 1 unspecified atom stereocenters. The highest BCUT2D eigenvalue weighted by molar-refractivity contribution is 6.04. The van der Waals surface area contributed by atoms with Gasteiger partial charge in [-0.05, 0) is 61.2 Å². The summed E-state index contributed by atoms with van der Waals surface area (Å²) in [6.45, 7) is 7.04. The van der Waals surface area contributed by atoms with Crippen molar-refractivity contribution in [3.05, 3.63) is 83.4 Å². The summed E-state index contributed by atoms with van der Waals surface area (Å²) in [5.41, 5.74) is 3.91. The molecule has 2 heterocycles. The Labute approximate surface area is 213 Å². The van der Waals surface area contributed by atoms with E-state index in [2.05, 4.69) is 30.0 Å². The summed E-state index contributed by atoms with van der Waals surface area (Å²) in [7, 11) is 1.67. The quantitative estimate of drug-likeness (QED) is 0.463. The van der Waals surface area contributed by atoms with Crippen molar-refractivity contribution in [2.75, 3.05) is 33.3 Å². The molecule has 5 rings (SSSR count). The number of rotatable bonds is 4. The van der Waals surface area contributed by atoms with Crippen LogP contribution in [0.1, 0.15) is 42.4 Å². The first-order chi connectivity index (χ1) is 17.6. The Morgan fingerprint density at radius 3 is 2.61 bits per heavy atom. The minimum atomic E-state index is -0.110. The second-order valence-electron chi connectivity index (χ2n) is 9.41. The van der Waals surface area contributed by atoms with Gasteiger partial charge in [0.1, 0.15) is 23.0 Å². The molecule has 186 valence electrons. The molecule has 6 heteroatoms. The number of hydrogen-bond donors (Lipinski definition) is 0. The number of ether oxygens (including phenoxy) is 2. The predicted octanol–water partition coefficient (Wildman–Crippen LogP) is 5.92. The van der Waals surface area contributed by atoms with E-state index in [4.69, 9.17) is 14.5 Å². The number of benzene rings is 3. The average Bonchev–Trinajstić information content (AvgIpc) is 3.24. The van der Waals surface area contributed by atoms with Gasteiger partial charge in [-0.3, -0.25) is 4.79 Å². The first-order valence-corrected chi connectivity index (χ1v) is 12.7. The van der Waals surface area contributed by atoms with Crippen LogP contribution in [-0.4, -0.2) is 54.8 Å². The molecule has 0 aliphatic carbocycles. The van der Waals surface area contributed by atoms with E-state index in [1.54, 1.807) is 7.11 Å². The number of amides is 1. The van der Waals surface area contributed by atoms with Crippen LogP contribution in [0.25, 0.3) is 0 Å². The molecule has 2 aliphatic heterocycles. The highest BCUT2D eigenvalue weighted by atomic mass is 16.5. The second-order valence-corrected chi connectivity index (χ2v) is 9.41. The molecular formula is C30H33N3O3. The van der Waals surface area contributed by atoms with Crippen molar-refractivity contribution in [2.45, 2.75) is 32.6 Å². The Bertz CT molecular complexity index is 1270. The number of hydrogen-bond acceptors (Lipinski definition) is 5. The maximum Gasteiger partial charge on any atom is 0.230 e. The van der Waals surface area contributed by atoms with E-state index in [1.807, 2.05) is 60.4 Å². The summed E-state index contributed by atoms with van der Waals surface area (Å²) in [6.07, 6.45) is 1.66. The third-order valence-electron chi connectivity index (χ3n) is 7.00. The maximum absolute atomic E-state index is 13.5. The number of amidine groups is 1. The summed E-state index contributed by atoms with van der Waals surface area (Å²) in [4.78, 5) is 22.9. The van der Waals surface area contributed by atoms with Gasteiger partial charge in [0.15, 0.2) is 5.75 Å². The van der Waals surface area contributed by atoms with Crippen molar-refractivity contribution >= 4 is 17.4 Å². The van der Waals surface area contributed by atoms with Gasteiger partial charge in [-0.1, -0.05) is 43.3 Å². The fourth-order valence-electron chi connectivity index (χ4n) is 5.04. The average molecular weight is 484 g/mol. The molecule has 0 bridgehead atoms. The molecule has 3 aromatic rings. The third kappa shape index (κ3) is 4.81. The number of nitrogens with zero attached hydrogens (tertiary/aromatic N) is 3. The Morgan fingerprint density at radius 2 is 1.83 bits per heavy atom. The van der Waals surface area contributed by atoms with Crippen LogP contribution in [0.15, 0.2) is 71.7 Å². The van der Waals surface area contributed by atoms with Crippen LogP contribution in [0.2, 0.25) is 0 Å². The second kappa shape index (κ2) is 10.4. The summed E-state index contributed by atoms with van der Waals surface area (Å²) >= 11 is 0. The first-order valence-electron chi connectivity index (χ1n) is 12.7. The number of carbonyl (C=O) groups is 1. The van der Waals surface area contributed by atoms with Crippen molar-refractivity contribution < 1.29 is 14.3 Å². The fraction of sp³-hybridized carbons (Fsp3) is 0.333. The van der Waals surface area contributed by atoms with Gasteiger partial charge in [0.25, 0.3) is 0 Å².